The molecule has 0 amide bonds. The molecule has 0 aliphatic heterocycles. The van der Waals surface area contributed by atoms with Crippen molar-refractivity contribution in [1.29, 1.82) is 0 Å². The molecule has 6 N–H and O–H groups in total. The first-order valence-electron chi connectivity index (χ1n) is 12.8. The number of carbonyl (C=O) groups is 2. The first-order valence-corrected chi connectivity index (χ1v) is 13.7. The lowest BCUT2D eigenvalue weighted by Gasteiger charge is -2.22. The van der Waals surface area contributed by atoms with Gasteiger partial charge in [-0.05, 0) is 105 Å². The van der Waals surface area contributed by atoms with Crippen molar-refractivity contribution in [2.45, 2.75) is 117 Å². The molecule has 236 valence electrons. The number of ether oxygens (including phenoxy) is 3. The van der Waals surface area contributed by atoms with Crippen LogP contribution >= 0.6 is 23.2 Å². The summed E-state index contributed by atoms with van der Waals surface area (Å²) in [5, 5.41) is -1.31. The van der Waals surface area contributed by atoms with Gasteiger partial charge in [-0.2, -0.15) is 0 Å². The Kier molecular flexibility index (Phi) is 19.2. The van der Waals surface area contributed by atoms with Gasteiger partial charge in [-0.3, -0.25) is 9.59 Å². The van der Waals surface area contributed by atoms with Gasteiger partial charge in [-0.1, -0.05) is 49.4 Å². The molecule has 0 aromatic heterocycles. The van der Waals surface area contributed by atoms with E-state index >= 15 is 0 Å². The minimum atomic E-state index is -0.682. The second-order valence-corrected chi connectivity index (χ2v) is 13.3. The molecule has 0 spiro atoms. The summed E-state index contributed by atoms with van der Waals surface area (Å²) >= 11 is 12.1. The molecule has 0 bridgehead atoms. The Balaban J connectivity index is -0.000000668. The molecule has 2 atom stereocenters. The Hall–Kier alpha value is -2.32. The van der Waals surface area contributed by atoms with E-state index in [9.17, 15) is 9.59 Å². The molecule has 0 aliphatic carbocycles. The number of hydrogen-bond acceptors (Lipinski definition) is 7. The summed E-state index contributed by atoms with van der Waals surface area (Å²) in [5.74, 6) is 0.0496. The molecular formula is C32H54Cl2N2O5. The van der Waals surface area contributed by atoms with Gasteiger partial charge in [-0.15, -0.1) is 23.2 Å². The molecule has 0 radical (unpaired) electrons. The third kappa shape index (κ3) is 20.2. The maximum atomic E-state index is 11.8. The van der Waals surface area contributed by atoms with Gasteiger partial charge in [0.05, 0.1) is 0 Å². The molecule has 2 aromatic carbocycles. The van der Waals surface area contributed by atoms with E-state index in [0.717, 1.165) is 16.9 Å². The summed E-state index contributed by atoms with van der Waals surface area (Å²) < 4.78 is 16.2. The Morgan fingerprint density at radius 3 is 1.24 bits per heavy atom. The quantitative estimate of drug-likeness (QED) is 0.234. The SMILES string of the molecule is C.CC(C)(C)OC(=O)[C@@H](Cl)Cc1ccc(OC(C)(C)C)cc1.Cc1ccc(C[C@@H](Cl)C(=O)OC(C)(C)C)cc1.N.N. The Bertz CT molecular complexity index is 1020. The van der Waals surface area contributed by atoms with Gasteiger partial charge in [0.15, 0.2) is 0 Å². The molecule has 0 unspecified atom stereocenters. The third-order valence-corrected chi connectivity index (χ3v) is 5.29. The van der Waals surface area contributed by atoms with E-state index in [-0.39, 0.29) is 37.3 Å². The van der Waals surface area contributed by atoms with Crippen LogP contribution in [0.15, 0.2) is 48.5 Å². The highest BCUT2D eigenvalue weighted by Gasteiger charge is 2.24. The van der Waals surface area contributed by atoms with E-state index in [1.165, 1.54) is 5.56 Å². The highest BCUT2D eigenvalue weighted by molar-refractivity contribution is 6.30. The van der Waals surface area contributed by atoms with E-state index in [4.69, 9.17) is 37.4 Å². The fourth-order valence-electron chi connectivity index (χ4n) is 3.08. The van der Waals surface area contributed by atoms with Crippen molar-refractivity contribution in [2.75, 3.05) is 0 Å². The number of halogens is 2. The average Bonchev–Trinajstić information content (AvgIpc) is 2.73. The lowest BCUT2D eigenvalue weighted by molar-refractivity contribution is -0.155. The van der Waals surface area contributed by atoms with Crippen molar-refractivity contribution in [3.8, 4) is 5.75 Å². The summed E-state index contributed by atoms with van der Waals surface area (Å²) in [7, 11) is 0. The van der Waals surface area contributed by atoms with Crippen LogP contribution in [0.4, 0.5) is 0 Å². The molecule has 0 saturated carbocycles. The summed E-state index contributed by atoms with van der Waals surface area (Å²) in [6.45, 7) is 19.0. The monoisotopic (exact) mass is 616 g/mol. The van der Waals surface area contributed by atoms with Gasteiger partial charge >= 0.3 is 11.9 Å². The minimum Gasteiger partial charge on any atom is -0.488 e. The van der Waals surface area contributed by atoms with Gasteiger partial charge in [0.1, 0.15) is 33.3 Å². The maximum Gasteiger partial charge on any atom is 0.324 e. The predicted octanol–water partition coefficient (Wildman–Crippen LogP) is 8.80. The van der Waals surface area contributed by atoms with Crippen LogP contribution in [0.5, 0.6) is 5.75 Å². The van der Waals surface area contributed by atoms with Gasteiger partial charge in [-0.25, -0.2) is 0 Å². The van der Waals surface area contributed by atoms with Crippen molar-refractivity contribution >= 4 is 35.1 Å². The van der Waals surface area contributed by atoms with E-state index in [0.29, 0.717) is 12.8 Å². The molecule has 0 aliphatic rings. The van der Waals surface area contributed by atoms with E-state index < -0.39 is 22.0 Å². The number of carbonyl (C=O) groups excluding carboxylic acids is 2. The largest absolute Gasteiger partial charge is 0.488 e. The number of benzene rings is 2. The first-order chi connectivity index (χ1) is 17.2. The van der Waals surface area contributed by atoms with E-state index in [1.54, 1.807) is 0 Å². The highest BCUT2D eigenvalue weighted by atomic mass is 35.5. The Labute approximate surface area is 258 Å². The van der Waals surface area contributed by atoms with Crippen molar-refractivity contribution in [3.63, 3.8) is 0 Å². The van der Waals surface area contributed by atoms with Crippen molar-refractivity contribution in [3.05, 3.63) is 65.2 Å². The second-order valence-electron chi connectivity index (χ2n) is 12.3. The smallest absolute Gasteiger partial charge is 0.324 e. The molecule has 0 fully saturated rings. The van der Waals surface area contributed by atoms with Crippen molar-refractivity contribution in [1.82, 2.24) is 12.3 Å². The lowest BCUT2D eigenvalue weighted by atomic mass is 10.1. The topological polar surface area (TPSA) is 132 Å². The molecule has 2 aromatic rings. The van der Waals surface area contributed by atoms with E-state index in [2.05, 4.69) is 0 Å². The number of esters is 2. The summed E-state index contributed by atoms with van der Waals surface area (Å²) in [6.07, 6.45) is 0.934. The van der Waals surface area contributed by atoms with Gasteiger partial charge in [0.25, 0.3) is 0 Å². The lowest BCUT2D eigenvalue weighted by Crippen LogP contribution is -2.30. The number of hydrogen-bond donors (Lipinski definition) is 2. The van der Waals surface area contributed by atoms with Crippen LogP contribution in [-0.4, -0.2) is 39.5 Å². The molecular weight excluding hydrogens is 563 g/mol. The van der Waals surface area contributed by atoms with E-state index in [1.807, 2.05) is 118 Å². The van der Waals surface area contributed by atoms with Crippen LogP contribution in [-0.2, 0) is 31.9 Å². The highest BCUT2D eigenvalue weighted by Crippen LogP contribution is 2.21. The standard InChI is InChI=1S/C17H25ClO3.C14H19ClO2.CH4.2H3N/c1-16(2,3)20-13-9-7-12(8-10-13)11-14(18)15(19)21-17(4,5)6;1-10-5-7-11(8-6-10)9-12(15)13(16)17-14(2,3)4;;;/h7-10,14H,11H2,1-6H3;5-8,12H,9H2,1-4H3;1H4;2*1H3/t14-;12-;;;/m01.../s1. The Morgan fingerprint density at radius 2 is 0.951 bits per heavy atom. The summed E-state index contributed by atoms with van der Waals surface area (Å²) in [4.78, 5) is 23.5. The first kappa shape index (κ1) is 43.1. The van der Waals surface area contributed by atoms with Crippen LogP contribution in [0, 0.1) is 6.92 Å². The van der Waals surface area contributed by atoms with Crippen LogP contribution in [0.1, 0.15) is 86.4 Å². The fourth-order valence-corrected chi connectivity index (χ4v) is 3.53. The van der Waals surface area contributed by atoms with Crippen molar-refractivity contribution < 1.29 is 23.8 Å². The maximum absolute atomic E-state index is 11.8. The predicted molar refractivity (Wildman–Crippen MR) is 173 cm³/mol. The normalized spacial score (nSPS) is 12.5. The molecule has 41 heavy (non-hydrogen) atoms. The van der Waals surface area contributed by atoms with Gasteiger partial charge in [0.2, 0.25) is 0 Å². The molecule has 2 rings (SSSR count). The molecule has 9 heteroatoms. The minimum absolute atomic E-state index is 0. The van der Waals surface area contributed by atoms with Crippen LogP contribution < -0.4 is 17.0 Å². The fraction of sp³-hybridized carbons (Fsp3) is 0.562. The summed E-state index contributed by atoms with van der Waals surface area (Å²) in [6, 6.07) is 15.6. The molecule has 0 saturated heterocycles. The zero-order valence-corrected chi connectivity index (χ0v) is 27.4. The van der Waals surface area contributed by atoms with Crippen molar-refractivity contribution in [2.24, 2.45) is 0 Å². The number of rotatable bonds is 7. The molecule has 0 heterocycles. The third-order valence-electron chi connectivity index (χ3n) is 4.62. The zero-order chi connectivity index (χ0) is 29.3. The van der Waals surface area contributed by atoms with Crippen LogP contribution in [0.25, 0.3) is 0 Å². The zero-order valence-electron chi connectivity index (χ0n) is 25.9. The number of aryl methyl sites for hydroxylation is 1. The average molecular weight is 618 g/mol. The van der Waals surface area contributed by atoms with Gasteiger partial charge in [0, 0.05) is 0 Å². The molecule has 7 nitrogen and oxygen atoms in total. The van der Waals surface area contributed by atoms with Crippen LogP contribution in [0.2, 0.25) is 0 Å². The summed E-state index contributed by atoms with van der Waals surface area (Å²) in [5.41, 5.74) is 1.97. The van der Waals surface area contributed by atoms with Gasteiger partial charge < -0.3 is 26.5 Å². The Morgan fingerprint density at radius 1 is 0.634 bits per heavy atom. The number of alkyl halides is 2. The second kappa shape index (κ2) is 18.3. The van der Waals surface area contributed by atoms with Crippen LogP contribution in [0.3, 0.4) is 0 Å².